The van der Waals surface area contributed by atoms with Crippen molar-refractivity contribution < 1.29 is 23.5 Å². The van der Waals surface area contributed by atoms with E-state index in [1.165, 1.54) is 6.26 Å². The fourth-order valence-corrected chi connectivity index (χ4v) is 1.96. The summed E-state index contributed by atoms with van der Waals surface area (Å²) in [7, 11) is 0. The molecule has 23 heavy (non-hydrogen) atoms. The van der Waals surface area contributed by atoms with E-state index in [9.17, 15) is 9.59 Å². The number of furan rings is 1. The van der Waals surface area contributed by atoms with Crippen LogP contribution in [0.15, 0.2) is 47.1 Å². The summed E-state index contributed by atoms with van der Waals surface area (Å²) in [6, 6.07) is 9.76. The Balaban J connectivity index is 1.80. The molecule has 0 aliphatic carbocycles. The van der Waals surface area contributed by atoms with Crippen molar-refractivity contribution in [2.24, 2.45) is 0 Å². The Hall–Kier alpha value is -2.76. The maximum atomic E-state index is 11.9. The number of carbonyl (C=O) groups excluding carboxylic acids is 2. The number of ether oxygens (including phenoxy) is 2. The SMILES string of the molecule is CCOc1ccc(C(=O)OCC(=O)N[C@@H](C)c2ccco2)cc1. The van der Waals surface area contributed by atoms with Crippen molar-refractivity contribution in [1.82, 2.24) is 5.32 Å². The first-order chi connectivity index (χ1) is 11.1. The summed E-state index contributed by atoms with van der Waals surface area (Å²) in [6.07, 6.45) is 1.53. The van der Waals surface area contributed by atoms with Crippen LogP contribution in [0.2, 0.25) is 0 Å². The Bertz CT molecular complexity index is 634. The molecule has 0 aliphatic heterocycles. The van der Waals surface area contributed by atoms with Gasteiger partial charge in [0.2, 0.25) is 0 Å². The van der Waals surface area contributed by atoms with E-state index in [1.54, 1.807) is 43.3 Å². The Morgan fingerprint density at radius 3 is 2.57 bits per heavy atom. The van der Waals surface area contributed by atoms with Gasteiger partial charge in [-0.15, -0.1) is 0 Å². The number of carbonyl (C=O) groups is 2. The van der Waals surface area contributed by atoms with E-state index in [1.807, 2.05) is 6.92 Å². The number of hydrogen-bond donors (Lipinski definition) is 1. The Kier molecular flexibility index (Phi) is 5.80. The van der Waals surface area contributed by atoms with E-state index in [2.05, 4.69) is 5.32 Å². The molecule has 1 N–H and O–H groups in total. The molecule has 0 fully saturated rings. The van der Waals surface area contributed by atoms with Crippen LogP contribution < -0.4 is 10.1 Å². The topological polar surface area (TPSA) is 77.8 Å². The number of hydrogen-bond acceptors (Lipinski definition) is 5. The van der Waals surface area contributed by atoms with Gasteiger partial charge < -0.3 is 19.2 Å². The second-order valence-electron chi connectivity index (χ2n) is 4.84. The summed E-state index contributed by atoms with van der Waals surface area (Å²) in [6.45, 7) is 3.87. The molecule has 1 aromatic carbocycles. The summed E-state index contributed by atoms with van der Waals surface area (Å²) in [5, 5.41) is 2.69. The number of benzene rings is 1. The summed E-state index contributed by atoms with van der Waals surface area (Å²) in [4.78, 5) is 23.6. The number of nitrogens with one attached hydrogen (secondary N) is 1. The Morgan fingerprint density at radius 1 is 1.22 bits per heavy atom. The van der Waals surface area contributed by atoms with Crippen LogP contribution in [-0.2, 0) is 9.53 Å². The maximum Gasteiger partial charge on any atom is 0.338 e. The van der Waals surface area contributed by atoms with Gasteiger partial charge in [-0.05, 0) is 50.2 Å². The molecule has 0 aliphatic rings. The second-order valence-corrected chi connectivity index (χ2v) is 4.84. The highest BCUT2D eigenvalue weighted by molar-refractivity contribution is 5.91. The predicted molar refractivity (Wildman–Crippen MR) is 83.2 cm³/mol. The van der Waals surface area contributed by atoms with E-state index in [-0.39, 0.29) is 12.6 Å². The van der Waals surface area contributed by atoms with Crippen molar-refractivity contribution in [3.05, 3.63) is 54.0 Å². The lowest BCUT2D eigenvalue weighted by molar-refractivity contribution is -0.125. The first-order valence-corrected chi connectivity index (χ1v) is 7.33. The minimum atomic E-state index is -0.561. The number of amides is 1. The molecule has 2 rings (SSSR count). The Morgan fingerprint density at radius 2 is 1.96 bits per heavy atom. The van der Waals surface area contributed by atoms with Crippen LogP contribution >= 0.6 is 0 Å². The van der Waals surface area contributed by atoms with Crippen LogP contribution in [0.25, 0.3) is 0 Å². The first-order valence-electron chi connectivity index (χ1n) is 7.33. The first kappa shape index (κ1) is 16.6. The van der Waals surface area contributed by atoms with Gasteiger partial charge in [-0.25, -0.2) is 4.79 Å². The average Bonchev–Trinajstić information content (AvgIpc) is 3.08. The molecule has 0 saturated carbocycles. The zero-order valence-corrected chi connectivity index (χ0v) is 13.1. The summed E-state index contributed by atoms with van der Waals surface area (Å²) in [5.74, 6) is 0.354. The molecule has 0 radical (unpaired) electrons. The van der Waals surface area contributed by atoms with Gasteiger partial charge in [-0.3, -0.25) is 4.79 Å². The second kappa shape index (κ2) is 8.03. The molecule has 122 valence electrons. The average molecular weight is 317 g/mol. The molecule has 1 atom stereocenters. The molecular weight excluding hydrogens is 298 g/mol. The predicted octanol–water partition coefficient (Wildman–Crippen LogP) is 2.71. The summed E-state index contributed by atoms with van der Waals surface area (Å²) < 4.78 is 15.5. The molecule has 1 aromatic heterocycles. The smallest absolute Gasteiger partial charge is 0.338 e. The molecule has 2 aromatic rings. The van der Waals surface area contributed by atoms with Crippen LogP contribution in [0.1, 0.15) is 36.0 Å². The molecule has 0 unspecified atom stereocenters. The van der Waals surface area contributed by atoms with Crippen molar-refractivity contribution in [1.29, 1.82) is 0 Å². The normalized spacial score (nSPS) is 11.6. The molecule has 1 amide bonds. The van der Waals surface area contributed by atoms with Gasteiger partial charge in [-0.1, -0.05) is 0 Å². The van der Waals surface area contributed by atoms with Crippen LogP contribution in [-0.4, -0.2) is 25.1 Å². The third-order valence-corrected chi connectivity index (χ3v) is 3.08. The van der Waals surface area contributed by atoms with E-state index >= 15 is 0 Å². The van der Waals surface area contributed by atoms with Crippen molar-refractivity contribution in [2.75, 3.05) is 13.2 Å². The van der Waals surface area contributed by atoms with Gasteiger partial charge in [0.25, 0.3) is 5.91 Å². The van der Waals surface area contributed by atoms with E-state index in [4.69, 9.17) is 13.9 Å². The standard InChI is InChI=1S/C17H19NO5/c1-3-21-14-8-6-13(7-9-14)17(20)23-11-16(19)18-12(2)15-5-4-10-22-15/h4-10,12H,3,11H2,1-2H3,(H,18,19)/t12-/m0/s1. The fourth-order valence-electron chi connectivity index (χ4n) is 1.96. The zero-order chi connectivity index (χ0) is 16.7. The number of rotatable bonds is 7. The van der Waals surface area contributed by atoms with Gasteiger partial charge in [0.1, 0.15) is 11.5 Å². The monoisotopic (exact) mass is 317 g/mol. The molecular formula is C17H19NO5. The van der Waals surface area contributed by atoms with E-state index in [0.717, 1.165) is 0 Å². The van der Waals surface area contributed by atoms with Gasteiger partial charge in [0.15, 0.2) is 6.61 Å². The minimum Gasteiger partial charge on any atom is -0.494 e. The van der Waals surface area contributed by atoms with Crippen LogP contribution in [0.4, 0.5) is 0 Å². The van der Waals surface area contributed by atoms with Crippen LogP contribution in [0, 0.1) is 0 Å². The van der Waals surface area contributed by atoms with Crippen LogP contribution in [0.3, 0.4) is 0 Å². The van der Waals surface area contributed by atoms with Gasteiger partial charge >= 0.3 is 5.97 Å². The minimum absolute atomic E-state index is 0.290. The van der Waals surface area contributed by atoms with Gasteiger partial charge in [0, 0.05) is 0 Å². The third-order valence-electron chi connectivity index (χ3n) is 3.08. The van der Waals surface area contributed by atoms with Crippen molar-refractivity contribution >= 4 is 11.9 Å². The zero-order valence-electron chi connectivity index (χ0n) is 13.1. The van der Waals surface area contributed by atoms with Crippen molar-refractivity contribution in [3.8, 4) is 5.75 Å². The lowest BCUT2D eigenvalue weighted by Crippen LogP contribution is -2.30. The number of esters is 1. The van der Waals surface area contributed by atoms with Gasteiger partial charge in [-0.2, -0.15) is 0 Å². The molecule has 0 bridgehead atoms. The molecule has 0 saturated heterocycles. The molecule has 1 heterocycles. The lowest BCUT2D eigenvalue weighted by Gasteiger charge is -2.11. The van der Waals surface area contributed by atoms with Gasteiger partial charge in [0.05, 0.1) is 24.5 Å². The van der Waals surface area contributed by atoms with Crippen molar-refractivity contribution in [3.63, 3.8) is 0 Å². The fraction of sp³-hybridized carbons (Fsp3) is 0.294. The highest BCUT2D eigenvalue weighted by Gasteiger charge is 2.14. The maximum absolute atomic E-state index is 11.9. The summed E-state index contributed by atoms with van der Waals surface area (Å²) in [5.41, 5.74) is 0.361. The van der Waals surface area contributed by atoms with Crippen LogP contribution in [0.5, 0.6) is 5.75 Å². The summed E-state index contributed by atoms with van der Waals surface area (Å²) >= 11 is 0. The Labute approximate surface area is 134 Å². The largest absolute Gasteiger partial charge is 0.494 e. The van der Waals surface area contributed by atoms with E-state index in [0.29, 0.717) is 23.7 Å². The quantitative estimate of drug-likeness (QED) is 0.794. The third kappa shape index (κ3) is 4.88. The highest BCUT2D eigenvalue weighted by atomic mass is 16.5. The van der Waals surface area contributed by atoms with Crippen molar-refractivity contribution in [2.45, 2.75) is 19.9 Å². The molecule has 6 heteroatoms. The lowest BCUT2D eigenvalue weighted by atomic mass is 10.2. The molecule has 0 spiro atoms. The van der Waals surface area contributed by atoms with E-state index < -0.39 is 11.9 Å². The molecule has 6 nitrogen and oxygen atoms in total. The highest BCUT2D eigenvalue weighted by Crippen LogP contribution is 2.13.